The zero-order valence-electron chi connectivity index (χ0n) is 72.5. The van der Waals surface area contributed by atoms with Gasteiger partial charge in [0.15, 0.2) is 0 Å². The molecular formula is C102H129Cl3N12O6. The van der Waals surface area contributed by atoms with Crippen LogP contribution in [0.4, 0.5) is 0 Å². The van der Waals surface area contributed by atoms with E-state index in [1.165, 1.54) is 74.5 Å². The zero-order valence-corrected chi connectivity index (χ0v) is 74.7. The number of amides is 6. The van der Waals surface area contributed by atoms with E-state index in [4.69, 9.17) is 34.8 Å². The van der Waals surface area contributed by atoms with Gasteiger partial charge in [-0.15, -0.1) is 0 Å². The van der Waals surface area contributed by atoms with Crippen LogP contribution in [0.15, 0.2) is 200 Å². The van der Waals surface area contributed by atoms with E-state index in [2.05, 4.69) is 155 Å². The molecule has 0 radical (unpaired) electrons. The third kappa shape index (κ3) is 26.9. The molecule has 9 atom stereocenters. The molecule has 6 N–H and O–H groups in total. The lowest BCUT2D eigenvalue weighted by atomic mass is 9.95. The van der Waals surface area contributed by atoms with Crippen molar-refractivity contribution in [1.29, 1.82) is 0 Å². The molecule has 6 heterocycles. The number of carbonyl (C=O) groups excluding carboxylic acids is 6. The number of benzene rings is 9. The highest BCUT2D eigenvalue weighted by molar-refractivity contribution is 6.32. The number of nitrogens with one attached hydrogen (secondary N) is 6. The summed E-state index contributed by atoms with van der Waals surface area (Å²) < 4.78 is 0. The zero-order chi connectivity index (χ0) is 85.8. The van der Waals surface area contributed by atoms with Crippen LogP contribution in [0.25, 0.3) is 32.3 Å². The Morgan fingerprint density at radius 1 is 0.333 bits per heavy atom. The third-order valence-electron chi connectivity index (χ3n) is 26.3. The van der Waals surface area contributed by atoms with Crippen LogP contribution < -0.4 is 31.9 Å². The largest absolute Gasteiger partial charge is 0.350 e. The molecule has 6 aliphatic heterocycles. The van der Waals surface area contributed by atoms with E-state index in [0.29, 0.717) is 88.8 Å². The number of hydrogen-bond acceptors (Lipinski definition) is 12. The van der Waals surface area contributed by atoms with E-state index in [9.17, 15) is 28.8 Å². The van der Waals surface area contributed by atoms with Crippen LogP contribution in [-0.4, -0.2) is 219 Å². The normalized spacial score (nSPS) is 21.0. The lowest BCUT2D eigenvalue weighted by Gasteiger charge is -2.31. The molecule has 21 heteroatoms. The molecule has 0 spiro atoms. The van der Waals surface area contributed by atoms with Crippen LogP contribution in [0.3, 0.4) is 0 Å². The Balaban J connectivity index is 0.000000159. The smallest absolute Gasteiger partial charge is 0.251 e. The minimum Gasteiger partial charge on any atom is -0.350 e. The van der Waals surface area contributed by atoms with Crippen LogP contribution in [0.2, 0.25) is 15.1 Å². The van der Waals surface area contributed by atoms with Gasteiger partial charge >= 0.3 is 0 Å². The summed E-state index contributed by atoms with van der Waals surface area (Å²) >= 11 is 18.4. The van der Waals surface area contributed by atoms with Crippen molar-refractivity contribution in [3.05, 3.63) is 249 Å². The van der Waals surface area contributed by atoms with Gasteiger partial charge < -0.3 is 61.3 Å². The number of nitrogens with zero attached hydrogens (tertiary/aromatic N) is 6. The van der Waals surface area contributed by atoms with Gasteiger partial charge in [0.2, 0.25) is 17.7 Å². The summed E-state index contributed by atoms with van der Waals surface area (Å²) in [4.78, 5) is 94.8. The molecule has 18 nitrogen and oxygen atoms in total. The van der Waals surface area contributed by atoms with E-state index < -0.39 is 0 Å². The van der Waals surface area contributed by atoms with Crippen molar-refractivity contribution in [2.45, 2.75) is 190 Å². The Kier molecular flexibility index (Phi) is 35.1. The highest BCUT2D eigenvalue weighted by Crippen LogP contribution is 2.30. The van der Waals surface area contributed by atoms with Crippen LogP contribution >= 0.6 is 34.8 Å². The van der Waals surface area contributed by atoms with Gasteiger partial charge in [-0.25, -0.2) is 0 Å². The van der Waals surface area contributed by atoms with Crippen molar-refractivity contribution in [2.75, 3.05) is 118 Å². The minimum atomic E-state index is -0.250. The first kappa shape index (κ1) is 91.9. The fourth-order valence-corrected chi connectivity index (χ4v) is 19.3. The highest BCUT2D eigenvalue weighted by Gasteiger charge is 2.37. The Morgan fingerprint density at radius 2 is 0.585 bits per heavy atom. The highest BCUT2D eigenvalue weighted by atomic mass is 35.5. The molecule has 123 heavy (non-hydrogen) atoms. The van der Waals surface area contributed by atoms with Crippen molar-refractivity contribution in [2.24, 2.45) is 0 Å². The second-order valence-electron chi connectivity index (χ2n) is 34.8. The Labute approximate surface area is 744 Å². The number of carbonyl (C=O) groups is 6. The van der Waals surface area contributed by atoms with Crippen molar-refractivity contribution in [3.8, 4) is 0 Å². The molecule has 6 amide bonds. The molecule has 654 valence electrons. The van der Waals surface area contributed by atoms with Crippen molar-refractivity contribution >= 4 is 103 Å². The minimum absolute atomic E-state index is 0.0234. The topological polar surface area (TPSA) is 194 Å². The number of fused-ring (bicyclic) bond motifs is 3. The molecule has 0 bridgehead atoms. The Morgan fingerprint density at radius 3 is 0.846 bits per heavy atom. The van der Waals surface area contributed by atoms with Crippen LogP contribution in [0.1, 0.15) is 202 Å². The monoisotopic (exact) mass is 1720 g/mol. The summed E-state index contributed by atoms with van der Waals surface area (Å²) in [5.74, 6) is 1.20. The quantitative estimate of drug-likeness (QED) is 0.0250. The summed E-state index contributed by atoms with van der Waals surface area (Å²) in [7, 11) is 0. The second kappa shape index (κ2) is 47.0. The van der Waals surface area contributed by atoms with Crippen LogP contribution in [0, 0.1) is 0 Å². The van der Waals surface area contributed by atoms with Crippen molar-refractivity contribution in [3.63, 3.8) is 0 Å². The fraction of sp³-hybridized carbons (Fsp3) is 0.471. The SMILES string of the molecule is CC[C@@H](CN1CC[C@H](CNC(=O)c2ccc3cc(Cl)ccc3c2)N[C@@H](CCN2CCCCC2)C1=O)c1ccccc1.CC[C@H](CN1CC[C@@H](CNC(=O)c2ccc3cc(Cl)ccc3c2)N[C@H](CCN2CCCCC2)C1=O)c1ccccc1.CC[C@H](CN1CC[C@H](CNC(=O)c2ccc3cc(Cl)ccc3c2)N[C@@H](CCN2CCCCC2)C1=O)c1ccccc1. The van der Waals surface area contributed by atoms with E-state index in [1.54, 1.807) is 0 Å². The first-order chi connectivity index (χ1) is 60.0. The molecule has 9 aromatic carbocycles. The predicted molar refractivity (Wildman–Crippen MR) is 503 cm³/mol. The van der Waals surface area contributed by atoms with E-state index in [1.807, 2.05) is 127 Å². The number of halogens is 3. The number of likely N-dealkylation sites (tertiary alicyclic amines) is 3. The molecule has 0 aromatic heterocycles. The second-order valence-corrected chi connectivity index (χ2v) is 36.1. The average molecular weight is 1730 g/mol. The van der Waals surface area contributed by atoms with Gasteiger partial charge in [-0.1, -0.05) is 202 Å². The Bertz CT molecular complexity index is 4410. The maximum absolute atomic E-state index is 13.9. The first-order valence-corrected chi connectivity index (χ1v) is 47.0. The molecule has 0 saturated carbocycles. The average Bonchev–Trinajstić information content (AvgIpc) is 1.05. The standard InChI is InChI=1S/3C34H43ClN4O2/c3*1-2-25(26-9-5-3-6-10-26)24-39-20-15-31(37-32(34(39)41)16-19-38-17-7-4-8-18-38)23-36-33(40)29-12-11-28-22-30(35)14-13-27(28)21-29/h3*3,5-6,9-14,21-22,25,31-32,37H,2,4,7-8,15-20,23-24H2,1H3,(H,36,40)/t2*25-,31+,32-;25-,31-,32+/m101/s1. The van der Waals surface area contributed by atoms with Gasteiger partial charge in [0.05, 0.1) is 18.1 Å². The third-order valence-corrected chi connectivity index (χ3v) is 27.0. The lowest BCUT2D eigenvalue weighted by Crippen LogP contribution is -2.50. The van der Waals surface area contributed by atoms with Crippen molar-refractivity contribution < 1.29 is 28.8 Å². The number of rotatable bonds is 30. The van der Waals surface area contributed by atoms with Crippen molar-refractivity contribution in [1.82, 2.24) is 61.3 Å². The summed E-state index contributed by atoms with van der Waals surface area (Å²) in [5, 5.41) is 28.4. The van der Waals surface area contributed by atoms with Gasteiger partial charge in [-0.3, -0.25) is 28.8 Å². The molecule has 6 saturated heterocycles. The number of hydrogen-bond donors (Lipinski definition) is 6. The first-order valence-electron chi connectivity index (χ1n) is 45.9. The molecule has 9 aromatic rings. The number of piperidine rings is 3. The van der Waals surface area contributed by atoms with Gasteiger partial charge in [0, 0.05) is 146 Å². The molecule has 0 unspecified atom stereocenters. The fourth-order valence-electron chi connectivity index (χ4n) is 18.8. The molecule has 15 rings (SSSR count). The maximum atomic E-state index is 13.9. The lowest BCUT2D eigenvalue weighted by molar-refractivity contribution is -0.134. The Hall–Kier alpha value is -8.79. The summed E-state index contributed by atoms with van der Waals surface area (Å²) in [6.07, 6.45) is 19.1. The van der Waals surface area contributed by atoms with Gasteiger partial charge in [-0.05, 0) is 257 Å². The van der Waals surface area contributed by atoms with E-state index in [0.717, 1.165) is 169 Å². The molecule has 6 aliphatic rings. The van der Waals surface area contributed by atoms with Gasteiger partial charge in [0.1, 0.15) is 0 Å². The van der Waals surface area contributed by atoms with E-state index >= 15 is 0 Å². The predicted octanol–water partition coefficient (Wildman–Crippen LogP) is 17.6. The summed E-state index contributed by atoms with van der Waals surface area (Å²) in [6, 6.07) is 65.0. The van der Waals surface area contributed by atoms with Gasteiger partial charge in [-0.2, -0.15) is 0 Å². The summed E-state index contributed by atoms with van der Waals surface area (Å²) in [6.45, 7) is 21.8. The molecular weight excluding hydrogens is 1600 g/mol. The molecule has 6 fully saturated rings. The van der Waals surface area contributed by atoms with Gasteiger partial charge in [0.25, 0.3) is 17.7 Å². The molecule has 0 aliphatic carbocycles. The van der Waals surface area contributed by atoms with Crippen LogP contribution in [0.5, 0.6) is 0 Å². The summed E-state index contributed by atoms with van der Waals surface area (Å²) in [5.41, 5.74) is 5.73. The maximum Gasteiger partial charge on any atom is 0.251 e. The van der Waals surface area contributed by atoms with E-state index in [-0.39, 0.29) is 71.7 Å². The van der Waals surface area contributed by atoms with Crippen LogP contribution in [-0.2, 0) is 14.4 Å².